The van der Waals surface area contributed by atoms with Gasteiger partial charge in [0.15, 0.2) is 0 Å². The number of urea groups is 1. The van der Waals surface area contributed by atoms with E-state index in [-0.39, 0.29) is 18.0 Å². The molecule has 1 saturated carbocycles. The Morgan fingerprint density at radius 3 is 2.44 bits per heavy atom. The Labute approximate surface area is 160 Å². The van der Waals surface area contributed by atoms with Gasteiger partial charge in [-0.2, -0.15) is 0 Å². The molecule has 1 aliphatic carbocycles. The molecule has 0 aliphatic heterocycles. The number of para-hydroxylation sites is 1. The molecule has 27 heavy (non-hydrogen) atoms. The SMILES string of the molecule is CCN(C(=O)c1cccc(NC(=O)NC2CCCCC2)c1)c1ccccc1. The lowest BCUT2D eigenvalue weighted by atomic mass is 9.96. The van der Waals surface area contributed by atoms with Gasteiger partial charge in [0.25, 0.3) is 5.91 Å². The van der Waals surface area contributed by atoms with Crippen molar-refractivity contribution in [1.82, 2.24) is 5.32 Å². The summed E-state index contributed by atoms with van der Waals surface area (Å²) in [4.78, 5) is 26.9. The van der Waals surface area contributed by atoms with Crippen LogP contribution < -0.4 is 15.5 Å². The third-order valence-corrected chi connectivity index (χ3v) is 4.94. The monoisotopic (exact) mass is 365 g/mol. The largest absolute Gasteiger partial charge is 0.335 e. The highest BCUT2D eigenvalue weighted by Crippen LogP contribution is 2.20. The van der Waals surface area contributed by atoms with Crippen LogP contribution in [-0.4, -0.2) is 24.5 Å². The summed E-state index contributed by atoms with van der Waals surface area (Å²) in [6.07, 6.45) is 5.66. The van der Waals surface area contributed by atoms with Crippen molar-refractivity contribution in [2.45, 2.75) is 45.1 Å². The van der Waals surface area contributed by atoms with Crippen LogP contribution in [0.15, 0.2) is 54.6 Å². The van der Waals surface area contributed by atoms with Gasteiger partial charge in [-0.3, -0.25) is 4.79 Å². The molecule has 1 fully saturated rings. The van der Waals surface area contributed by atoms with Crippen LogP contribution in [0.2, 0.25) is 0 Å². The second kappa shape index (κ2) is 9.21. The minimum Gasteiger partial charge on any atom is -0.335 e. The predicted molar refractivity (Wildman–Crippen MR) is 109 cm³/mol. The van der Waals surface area contributed by atoms with Crippen LogP contribution >= 0.6 is 0 Å². The maximum atomic E-state index is 12.9. The van der Waals surface area contributed by atoms with E-state index in [1.54, 1.807) is 29.2 Å². The Morgan fingerprint density at radius 1 is 1.00 bits per heavy atom. The third kappa shape index (κ3) is 5.09. The smallest absolute Gasteiger partial charge is 0.319 e. The maximum absolute atomic E-state index is 12.9. The van der Waals surface area contributed by atoms with Crippen molar-refractivity contribution in [3.05, 3.63) is 60.2 Å². The molecule has 0 radical (unpaired) electrons. The number of carbonyl (C=O) groups is 2. The third-order valence-electron chi connectivity index (χ3n) is 4.94. The summed E-state index contributed by atoms with van der Waals surface area (Å²) < 4.78 is 0. The van der Waals surface area contributed by atoms with Crippen molar-refractivity contribution in [1.29, 1.82) is 0 Å². The first-order valence-corrected chi connectivity index (χ1v) is 9.72. The van der Waals surface area contributed by atoms with Crippen LogP contribution in [0.4, 0.5) is 16.2 Å². The van der Waals surface area contributed by atoms with Crippen molar-refractivity contribution < 1.29 is 9.59 Å². The van der Waals surface area contributed by atoms with Gasteiger partial charge in [0.1, 0.15) is 0 Å². The van der Waals surface area contributed by atoms with Crippen molar-refractivity contribution in [3.8, 4) is 0 Å². The lowest BCUT2D eigenvalue weighted by molar-refractivity contribution is 0.0988. The zero-order valence-corrected chi connectivity index (χ0v) is 15.8. The Bertz CT molecular complexity index is 770. The fourth-order valence-electron chi connectivity index (χ4n) is 3.54. The molecule has 5 heteroatoms. The highest BCUT2D eigenvalue weighted by Gasteiger charge is 2.18. The van der Waals surface area contributed by atoms with E-state index < -0.39 is 0 Å². The van der Waals surface area contributed by atoms with E-state index in [1.807, 2.05) is 37.3 Å². The van der Waals surface area contributed by atoms with Gasteiger partial charge in [-0.25, -0.2) is 4.79 Å². The summed E-state index contributed by atoms with van der Waals surface area (Å²) in [6.45, 7) is 2.52. The second-order valence-electron chi connectivity index (χ2n) is 6.90. The van der Waals surface area contributed by atoms with Crippen LogP contribution in [0, 0.1) is 0 Å². The fraction of sp³-hybridized carbons (Fsp3) is 0.364. The summed E-state index contributed by atoms with van der Waals surface area (Å²) in [5.41, 5.74) is 2.04. The Hall–Kier alpha value is -2.82. The summed E-state index contributed by atoms with van der Waals surface area (Å²) in [6, 6.07) is 16.7. The molecule has 0 saturated heterocycles. The average molecular weight is 365 g/mol. The Morgan fingerprint density at radius 2 is 1.74 bits per heavy atom. The summed E-state index contributed by atoms with van der Waals surface area (Å²) in [5, 5.41) is 5.89. The highest BCUT2D eigenvalue weighted by atomic mass is 16.2. The van der Waals surface area contributed by atoms with Crippen LogP contribution in [0.25, 0.3) is 0 Å². The fourth-order valence-corrected chi connectivity index (χ4v) is 3.54. The van der Waals surface area contributed by atoms with Gasteiger partial charge in [0, 0.05) is 29.5 Å². The number of benzene rings is 2. The van der Waals surface area contributed by atoms with E-state index in [1.165, 1.54) is 19.3 Å². The number of amides is 3. The van der Waals surface area contributed by atoms with E-state index in [0.29, 0.717) is 17.8 Å². The standard InChI is InChI=1S/C22H27N3O2/c1-2-25(20-14-7-4-8-15-20)21(26)17-10-9-13-19(16-17)24-22(27)23-18-11-5-3-6-12-18/h4,7-10,13-16,18H,2-3,5-6,11-12H2,1H3,(H2,23,24,27). The van der Waals surface area contributed by atoms with Gasteiger partial charge >= 0.3 is 6.03 Å². The molecular weight excluding hydrogens is 338 g/mol. The second-order valence-corrected chi connectivity index (χ2v) is 6.90. The molecule has 3 rings (SSSR count). The molecule has 0 spiro atoms. The van der Waals surface area contributed by atoms with Crippen molar-refractivity contribution in [2.75, 3.05) is 16.8 Å². The molecule has 0 heterocycles. The minimum atomic E-state index is -0.207. The lowest BCUT2D eigenvalue weighted by Crippen LogP contribution is -2.39. The number of anilines is 2. The first-order chi connectivity index (χ1) is 13.2. The number of hydrogen-bond donors (Lipinski definition) is 2. The molecule has 0 aromatic heterocycles. The number of nitrogens with one attached hydrogen (secondary N) is 2. The molecule has 2 aromatic rings. The van der Waals surface area contributed by atoms with Gasteiger partial charge < -0.3 is 15.5 Å². The lowest BCUT2D eigenvalue weighted by Gasteiger charge is -2.23. The van der Waals surface area contributed by atoms with Crippen molar-refractivity contribution in [3.63, 3.8) is 0 Å². The normalized spacial score (nSPS) is 14.4. The molecule has 2 aromatic carbocycles. The molecular formula is C22H27N3O2. The quantitative estimate of drug-likeness (QED) is 0.799. The number of nitrogens with zero attached hydrogens (tertiary/aromatic N) is 1. The van der Waals surface area contributed by atoms with Gasteiger partial charge in [0.05, 0.1) is 0 Å². The van der Waals surface area contributed by atoms with Gasteiger partial charge in [-0.1, -0.05) is 43.5 Å². The molecule has 142 valence electrons. The Balaban J connectivity index is 1.67. The molecule has 2 N–H and O–H groups in total. The highest BCUT2D eigenvalue weighted by molar-refractivity contribution is 6.07. The molecule has 3 amide bonds. The number of hydrogen-bond acceptors (Lipinski definition) is 2. The van der Waals surface area contributed by atoms with Crippen LogP contribution in [-0.2, 0) is 0 Å². The Kier molecular flexibility index (Phi) is 6.47. The molecule has 1 aliphatic rings. The van der Waals surface area contributed by atoms with Crippen LogP contribution in [0.5, 0.6) is 0 Å². The zero-order valence-electron chi connectivity index (χ0n) is 15.8. The predicted octanol–water partition coefficient (Wildman–Crippen LogP) is 4.81. The molecule has 0 unspecified atom stereocenters. The van der Waals surface area contributed by atoms with Gasteiger partial charge in [0.2, 0.25) is 0 Å². The van der Waals surface area contributed by atoms with Crippen molar-refractivity contribution in [2.24, 2.45) is 0 Å². The number of carbonyl (C=O) groups excluding carboxylic acids is 2. The van der Waals surface area contributed by atoms with E-state index in [4.69, 9.17) is 0 Å². The van der Waals surface area contributed by atoms with Gasteiger partial charge in [-0.15, -0.1) is 0 Å². The van der Waals surface area contributed by atoms with Crippen molar-refractivity contribution >= 4 is 23.3 Å². The van der Waals surface area contributed by atoms with Crippen LogP contribution in [0.1, 0.15) is 49.4 Å². The van der Waals surface area contributed by atoms with E-state index in [9.17, 15) is 9.59 Å². The summed E-state index contributed by atoms with van der Waals surface area (Å²) >= 11 is 0. The zero-order chi connectivity index (χ0) is 19.1. The van der Waals surface area contributed by atoms with E-state index in [0.717, 1.165) is 18.5 Å². The van der Waals surface area contributed by atoms with Crippen LogP contribution in [0.3, 0.4) is 0 Å². The van der Waals surface area contributed by atoms with E-state index in [2.05, 4.69) is 10.6 Å². The number of rotatable bonds is 5. The van der Waals surface area contributed by atoms with Gasteiger partial charge in [-0.05, 0) is 50.1 Å². The maximum Gasteiger partial charge on any atom is 0.319 e. The first-order valence-electron chi connectivity index (χ1n) is 9.72. The first kappa shape index (κ1) is 19.0. The summed E-state index contributed by atoms with van der Waals surface area (Å²) in [5.74, 6) is -0.0833. The topological polar surface area (TPSA) is 61.4 Å². The van der Waals surface area contributed by atoms with E-state index >= 15 is 0 Å². The average Bonchev–Trinajstić information content (AvgIpc) is 2.70. The molecule has 0 atom stereocenters. The minimum absolute atomic E-state index is 0.0833. The molecule has 0 bridgehead atoms. The summed E-state index contributed by atoms with van der Waals surface area (Å²) in [7, 11) is 0. The molecule has 5 nitrogen and oxygen atoms in total.